The van der Waals surface area contributed by atoms with Gasteiger partial charge >= 0.3 is 6.61 Å². The van der Waals surface area contributed by atoms with Crippen molar-refractivity contribution in [3.05, 3.63) is 54.6 Å². The average Bonchev–Trinajstić information content (AvgIpc) is 3.32. The fourth-order valence-corrected chi connectivity index (χ4v) is 3.99. The van der Waals surface area contributed by atoms with Crippen LogP contribution in [0.25, 0.3) is 28.0 Å². The van der Waals surface area contributed by atoms with Crippen molar-refractivity contribution in [2.45, 2.75) is 25.9 Å². The van der Waals surface area contributed by atoms with Crippen LogP contribution in [-0.2, 0) is 7.05 Å². The maximum Gasteiger partial charge on any atom is 0.387 e. The molecule has 3 aromatic heterocycles. The van der Waals surface area contributed by atoms with Crippen LogP contribution in [0, 0.1) is 5.92 Å². The molecule has 0 N–H and O–H groups in total. The number of ketones is 1. The summed E-state index contributed by atoms with van der Waals surface area (Å²) in [5.41, 5.74) is 3.84. The quantitative estimate of drug-likeness (QED) is 0.352. The molecule has 1 fully saturated rings. The minimum atomic E-state index is -3.07. The third-order valence-electron chi connectivity index (χ3n) is 5.80. The Labute approximate surface area is 188 Å². The second-order valence-electron chi connectivity index (χ2n) is 8.19. The molecule has 4 aromatic rings. The number of alkyl halides is 2. The third kappa shape index (κ3) is 4.18. The monoisotopic (exact) mass is 452 g/mol. The minimum Gasteiger partial charge on any atom is -0.496 e. The van der Waals surface area contributed by atoms with Crippen LogP contribution in [0.15, 0.2) is 49.1 Å². The number of pyridine rings is 1. The molecule has 0 saturated heterocycles. The molecule has 0 bridgehead atoms. The minimum absolute atomic E-state index is 0.0566. The lowest BCUT2D eigenvalue weighted by Gasteiger charge is -2.16. The average molecular weight is 452 g/mol. The van der Waals surface area contributed by atoms with E-state index in [4.69, 9.17) is 9.47 Å². The lowest BCUT2D eigenvalue weighted by atomic mass is 10.00. The number of aryl methyl sites for hydroxylation is 1. The molecule has 1 aliphatic carbocycles. The maximum absolute atomic E-state index is 13.2. The fraction of sp³-hybridized carbons (Fsp3) is 0.292. The second kappa shape index (κ2) is 8.31. The SMILES string of the molecule is COc1cc(-c2cnc3cc(-c4cnn(C)c4)ccn23)cc(OC(F)F)c1C(=O)CC1CC1. The Morgan fingerprint density at radius 3 is 2.61 bits per heavy atom. The van der Waals surface area contributed by atoms with Gasteiger partial charge in [0.05, 0.1) is 25.2 Å². The Kier molecular flexibility index (Phi) is 5.32. The van der Waals surface area contributed by atoms with Crippen molar-refractivity contribution in [1.29, 1.82) is 0 Å². The highest BCUT2D eigenvalue weighted by Crippen LogP contribution is 2.40. The van der Waals surface area contributed by atoms with Crippen LogP contribution in [0.4, 0.5) is 8.78 Å². The number of carbonyl (C=O) groups excluding carboxylic acids is 1. The van der Waals surface area contributed by atoms with E-state index in [1.165, 1.54) is 13.2 Å². The first kappa shape index (κ1) is 21.1. The summed E-state index contributed by atoms with van der Waals surface area (Å²) in [6, 6.07) is 6.96. The van der Waals surface area contributed by atoms with Crippen LogP contribution < -0.4 is 9.47 Å². The van der Waals surface area contributed by atoms with Crippen molar-refractivity contribution >= 4 is 11.4 Å². The smallest absolute Gasteiger partial charge is 0.387 e. The van der Waals surface area contributed by atoms with Crippen LogP contribution >= 0.6 is 0 Å². The molecule has 0 aliphatic heterocycles. The zero-order valence-corrected chi connectivity index (χ0v) is 18.2. The highest BCUT2D eigenvalue weighted by Gasteiger charge is 2.29. The summed E-state index contributed by atoms with van der Waals surface area (Å²) >= 11 is 0. The molecule has 0 spiro atoms. The number of fused-ring (bicyclic) bond motifs is 1. The molecule has 1 aromatic carbocycles. The van der Waals surface area contributed by atoms with Gasteiger partial charge in [-0.1, -0.05) is 0 Å². The summed E-state index contributed by atoms with van der Waals surface area (Å²) in [4.78, 5) is 17.3. The van der Waals surface area contributed by atoms with Gasteiger partial charge in [-0.05, 0) is 48.6 Å². The van der Waals surface area contributed by atoms with Gasteiger partial charge in [0.25, 0.3) is 0 Å². The van der Waals surface area contributed by atoms with Gasteiger partial charge in [-0.3, -0.25) is 13.9 Å². The molecule has 9 heteroatoms. The molecule has 3 heterocycles. The van der Waals surface area contributed by atoms with Gasteiger partial charge in [0.1, 0.15) is 22.7 Å². The van der Waals surface area contributed by atoms with Crippen molar-refractivity contribution in [2.24, 2.45) is 13.0 Å². The first-order chi connectivity index (χ1) is 15.9. The van der Waals surface area contributed by atoms with Crippen molar-refractivity contribution in [3.63, 3.8) is 0 Å². The van der Waals surface area contributed by atoms with E-state index in [0.717, 1.165) is 24.0 Å². The molecule has 33 heavy (non-hydrogen) atoms. The summed E-state index contributed by atoms with van der Waals surface area (Å²) in [6.07, 6.45) is 9.42. The zero-order valence-electron chi connectivity index (χ0n) is 18.2. The van der Waals surface area contributed by atoms with Crippen molar-refractivity contribution in [3.8, 4) is 33.9 Å². The molecule has 0 radical (unpaired) electrons. The molecule has 0 amide bonds. The second-order valence-corrected chi connectivity index (χ2v) is 8.19. The van der Waals surface area contributed by atoms with Crippen LogP contribution in [0.3, 0.4) is 0 Å². The number of methoxy groups -OCH3 is 1. The number of imidazole rings is 1. The van der Waals surface area contributed by atoms with Gasteiger partial charge in [-0.15, -0.1) is 0 Å². The summed E-state index contributed by atoms with van der Waals surface area (Å²) < 4.78 is 40.2. The first-order valence-electron chi connectivity index (χ1n) is 10.6. The number of ether oxygens (including phenoxy) is 2. The Morgan fingerprint density at radius 1 is 1.15 bits per heavy atom. The number of aromatic nitrogens is 4. The van der Waals surface area contributed by atoms with Crippen molar-refractivity contribution < 1.29 is 23.0 Å². The Hall–Kier alpha value is -3.75. The highest BCUT2D eigenvalue weighted by molar-refractivity contribution is 6.02. The summed E-state index contributed by atoms with van der Waals surface area (Å²) in [5, 5.41) is 4.20. The number of hydrogen-bond acceptors (Lipinski definition) is 5. The molecule has 7 nitrogen and oxygen atoms in total. The van der Waals surface area contributed by atoms with Gasteiger partial charge in [0.15, 0.2) is 5.78 Å². The molecular formula is C24H22F2N4O3. The normalized spacial score (nSPS) is 13.6. The lowest BCUT2D eigenvalue weighted by molar-refractivity contribution is -0.0502. The Morgan fingerprint density at radius 2 is 1.94 bits per heavy atom. The molecule has 0 atom stereocenters. The molecule has 5 rings (SSSR count). The lowest BCUT2D eigenvalue weighted by Crippen LogP contribution is -2.11. The van der Waals surface area contributed by atoms with Crippen molar-refractivity contribution in [1.82, 2.24) is 19.2 Å². The van der Waals surface area contributed by atoms with E-state index in [2.05, 4.69) is 10.1 Å². The van der Waals surface area contributed by atoms with Gasteiger partial charge in [-0.25, -0.2) is 4.98 Å². The number of benzene rings is 1. The van der Waals surface area contributed by atoms with E-state index < -0.39 is 6.61 Å². The Bertz CT molecular complexity index is 1340. The number of nitrogens with zero attached hydrogens (tertiary/aromatic N) is 4. The van der Waals surface area contributed by atoms with E-state index in [0.29, 0.717) is 29.2 Å². The maximum atomic E-state index is 13.2. The van der Waals surface area contributed by atoms with Crippen LogP contribution in [0.1, 0.15) is 29.6 Å². The third-order valence-corrected chi connectivity index (χ3v) is 5.80. The van der Waals surface area contributed by atoms with E-state index in [-0.39, 0.29) is 22.8 Å². The highest BCUT2D eigenvalue weighted by atomic mass is 19.3. The summed E-state index contributed by atoms with van der Waals surface area (Å²) in [5.74, 6) is 0.0625. The molecule has 170 valence electrons. The number of carbonyl (C=O) groups is 1. The number of rotatable bonds is 8. The molecular weight excluding hydrogens is 430 g/mol. The van der Waals surface area contributed by atoms with Crippen LogP contribution in [0.5, 0.6) is 11.5 Å². The molecule has 1 aliphatic rings. The molecule has 0 unspecified atom stereocenters. The number of Topliss-reactive ketones (excluding diaryl/α,β-unsaturated/α-hetero) is 1. The topological polar surface area (TPSA) is 70.7 Å². The van der Waals surface area contributed by atoms with Gasteiger partial charge in [0.2, 0.25) is 0 Å². The van der Waals surface area contributed by atoms with Gasteiger partial charge in [-0.2, -0.15) is 13.9 Å². The van der Waals surface area contributed by atoms with Crippen LogP contribution in [0.2, 0.25) is 0 Å². The van der Waals surface area contributed by atoms with E-state index in [1.54, 1.807) is 23.1 Å². The zero-order chi connectivity index (χ0) is 23.1. The Balaban J connectivity index is 1.58. The van der Waals surface area contributed by atoms with Crippen LogP contribution in [-0.4, -0.2) is 38.7 Å². The van der Waals surface area contributed by atoms with Gasteiger partial charge in [0, 0.05) is 37.0 Å². The van der Waals surface area contributed by atoms with E-state index in [1.807, 2.05) is 36.0 Å². The predicted molar refractivity (Wildman–Crippen MR) is 118 cm³/mol. The standard InChI is InChI=1S/C24H22F2N4O3/c1-29-13-17(11-28-29)15-5-6-30-18(12-27-22(30)10-15)16-8-20(32-2)23(19(31)7-14-3-4-14)21(9-16)33-24(25)26/h5-6,8-14,24H,3-4,7H2,1-2H3. The largest absolute Gasteiger partial charge is 0.496 e. The molecule has 1 saturated carbocycles. The van der Waals surface area contributed by atoms with Crippen molar-refractivity contribution in [2.75, 3.05) is 7.11 Å². The summed E-state index contributed by atoms with van der Waals surface area (Å²) in [6.45, 7) is -3.07. The number of halogens is 2. The van der Waals surface area contributed by atoms with Gasteiger partial charge < -0.3 is 9.47 Å². The predicted octanol–water partition coefficient (Wildman–Crippen LogP) is 4.99. The number of hydrogen-bond donors (Lipinski definition) is 0. The first-order valence-corrected chi connectivity index (χ1v) is 10.6. The fourth-order valence-electron chi connectivity index (χ4n) is 3.99. The summed E-state index contributed by atoms with van der Waals surface area (Å²) in [7, 11) is 3.26. The van der Waals surface area contributed by atoms with E-state index >= 15 is 0 Å². The van der Waals surface area contributed by atoms with E-state index in [9.17, 15) is 13.6 Å².